The molecule has 0 aromatic rings. The van der Waals surface area contributed by atoms with Gasteiger partial charge in [-0.05, 0) is 91.1 Å². The third kappa shape index (κ3) is 4.77. The molecule has 2 heterocycles. The third-order valence-electron chi connectivity index (χ3n) is 9.39. The van der Waals surface area contributed by atoms with E-state index in [9.17, 15) is 15.0 Å². The molecule has 194 valence electrons. The second-order valence-electron chi connectivity index (χ2n) is 12.1. The number of aldehydes is 1. The summed E-state index contributed by atoms with van der Waals surface area (Å²) in [5.41, 5.74) is 2.01. The Balaban J connectivity index is 1.63. The molecular weight excluding hydrogens is 440 g/mol. The van der Waals surface area contributed by atoms with Crippen molar-refractivity contribution in [2.45, 2.75) is 103 Å². The minimum atomic E-state index is -0.818. The zero-order valence-corrected chi connectivity index (χ0v) is 22.2. The molecule has 8 atom stereocenters. The SMILES string of the molecule is C=C(C)[C@H]1CCC(C)(O)[C@@H]1/C=C/C(C)=C/C1C[C@@]23/C(=C(\C)C=O)CC[C@@](C)(O)[C@@H]2CCCOC3O1. The van der Waals surface area contributed by atoms with E-state index < -0.39 is 22.9 Å². The normalized spacial score (nSPS) is 45.7. The molecule has 5 heteroatoms. The van der Waals surface area contributed by atoms with Crippen LogP contribution in [0.2, 0.25) is 0 Å². The molecule has 35 heavy (non-hydrogen) atoms. The molecular formula is C30H44O5. The van der Waals surface area contributed by atoms with Gasteiger partial charge in [0.05, 0.1) is 22.7 Å². The summed E-state index contributed by atoms with van der Waals surface area (Å²) in [5.74, 6) is 0.323. The Morgan fingerprint density at radius 2 is 1.86 bits per heavy atom. The maximum atomic E-state index is 11.9. The van der Waals surface area contributed by atoms with Crippen LogP contribution < -0.4 is 0 Å². The maximum absolute atomic E-state index is 11.9. The van der Waals surface area contributed by atoms with Crippen LogP contribution in [0.4, 0.5) is 0 Å². The van der Waals surface area contributed by atoms with Crippen LogP contribution in [-0.2, 0) is 14.3 Å². The lowest BCUT2D eigenvalue weighted by atomic mass is 9.54. The number of ether oxygens (including phenoxy) is 2. The molecule has 4 rings (SSSR count). The quantitative estimate of drug-likeness (QED) is 0.236. The first kappa shape index (κ1) is 26.5. The van der Waals surface area contributed by atoms with Crippen LogP contribution in [0.1, 0.15) is 79.6 Å². The summed E-state index contributed by atoms with van der Waals surface area (Å²) < 4.78 is 12.8. The Hall–Kier alpha value is -1.53. The summed E-state index contributed by atoms with van der Waals surface area (Å²) in [5, 5.41) is 22.3. The maximum Gasteiger partial charge on any atom is 0.168 e. The largest absolute Gasteiger partial charge is 0.390 e. The zero-order chi connectivity index (χ0) is 25.6. The zero-order valence-electron chi connectivity index (χ0n) is 22.2. The Morgan fingerprint density at radius 1 is 1.11 bits per heavy atom. The predicted octanol–water partition coefficient (Wildman–Crippen LogP) is 5.43. The van der Waals surface area contributed by atoms with Gasteiger partial charge in [0.25, 0.3) is 0 Å². The van der Waals surface area contributed by atoms with E-state index in [0.29, 0.717) is 31.8 Å². The van der Waals surface area contributed by atoms with E-state index in [1.807, 2.05) is 27.7 Å². The molecule has 0 amide bonds. The Kier molecular flexibility index (Phi) is 7.38. The molecule has 2 saturated carbocycles. The van der Waals surface area contributed by atoms with Crippen molar-refractivity contribution >= 4 is 6.29 Å². The van der Waals surface area contributed by atoms with Crippen molar-refractivity contribution < 1.29 is 24.5 Å². The summed E-state index contributed by atoms with van der Waals surface area (Å²) in [7, 11) is 0. The van der Waals surface area contributed by atoms with Gasteiger partial charge in [0.1, 0.15) is 6.29 Å². The molecule has 0 aromatic carbocycles. The highest BCUT2D eigenvalue weighted by molar-refractivity contribution is 5.74. The van der Waals surface area contributed by atoms with Gasteiger partial charge in [-0.1, -0.05) is 41.5 Å². The number of rotatable bonds is 5. The van der Waals surface area contributed by atoms with Crippen LogP contribution in [-0.4, -0.2) is 46.7 Å². The van der Waals surface area contributed by atoms with Crippen LogP contribution in [0.25, 0.3) is 0 Å². The van der Waals surface area contributed by atoms with Gasteiger partial charge in [0.2, 0.25) is 0 Å². The Labute approximate surface area is 211 Å². The molecule has 2 aliphatic carbocycles. The fourth-order valence-corrected chi connectivity index (χ4v) is 7.57. The van der Waals surface area contributed by atoms with Crippen molar-refractivity contribution in [3.8, 4) is 0 Å². The fourth-order valence-electron chi connectivity index (χ4n) is 7.57. The van der Waals surface area contributed by atoms with Crippen LogP contribution in [0, 0.1) is 23.2 Å². The highest BCUT2D eigenvalue weighted by Gasteiger charge is 2.63. The van der Waals surface area contributed by atoms with E-state index in [-0.39, 0.29) is 17.9 Å². The number of aliphatic hydroxyl groups is 2. The summed E-state index contributed by atoms with van der Waals surface area (Å²) >= 11 is 0. The molecule has 1 spiro atoms. The van der Waals surface area contributed by atoms with E-state index in [0.717, 1.165) is 54.3 Å². The monoisotopic (exact) mass is 484 g/mol. The van der Waals surface area contributed by atoms with E-state index in [1.165, 1.54) is 0 Å². The molecule has 0 bridgehead atoms. The number of allylic oxidation sites excluding steroid dienone is 4. The highest BCUT2D eigenvalue weighted by Crippen LogP contribution is 2.61. The first-order chi connectivity index (χ1) is 16.4. The topological polar surface area (TPSA) is 76.0 Å². The number of hydrogen-bond donors (Lipinski definition) is 2. The molecule has 0 radical (unpaired) electrons. The van der Waals surface area contributed by atoms with Crippen LogP contribution in [0.5, 0.6) is 0 Å². The van der Waals surface area contributed by atoms with Crippen molar-refractivity contribution in [3.05, 3.63) is 47.1 Å². The van der Waals surface area contributed by atoms with Gasteiger partial charge >= 0.3 is 0 Å². The summed E-state index contributed by atoms with van der Waals surface area (Å²) in [6, 6.07) is 0. The number of hydrogen-bond acceptors (Lipinski definition) is 5. The second kappa shape index (κ2) is 9.74. The van der Waals surface area contributed by atoms with E-state index in [2.05, 4.69) is 31.7 Å². The number of carbonyl (C=O) groups is 1. The van der Waals surface area contributed by atoms with E-state index in [1.54, 1.807) is 0 Å². The van der Waals surface area contributed by atoms with Gasteiger partial charge in [0.15, 0.2) is 6.29 Å². The molecule has 4 fully saturated rings. The Morgan fingerprint density at radius 3 is 2.54 bits per heavy atom. The molecule has 4 aliphatic rings. The second-order valence-corrected chi connectivity index (χ2v) is 12.1. The van der Waals surface area contributed by atoms with Gasteiger partial charge in [0, 0.05) is 18.4 Å². The lowest BCUT2D eigenvalue weighted by molar-refractivity contribution is -0.186. The average Bonchev–Trinajstić information content (AvgIpc) is 3.20. The lowest BCUT2D eigenvalue weighted by Gasteiger charge is -2.52. The summed E-state index contributed by atoms with van der Waals surface area (Å²) in [6.07, 6.45) is 12.2. The number of carbonyl (C=O) groups excluding carboxylic acids is 1. The molecule has 5 nitrogen and oxygen atoms in total. The molecule has 2 saturated heterocycles. The van der Waals surface area contributed by atoms with Gasteiger partial charge in [-0.3, -0.25) is 4.79 Å². The van der Waals surface area contributed by atoms with Gasteiger partial charge in [-0.25, -0.2) is 0 Å². The van der Waals surface area contributed by atoms with E-state index in [4.69, 9.17) is 9.47 Å². The van der Waals surface area contributed by atoms with Crippen molar-refractivity contribution in [1.82, 2.24) is 0 Å². The van der Waals surface area contributed by atoms with Gasteiger partial charge < -0.3 is 19.7 Å². The molecule has 0 aromatic heterocycles. The van der Waals surface area contributed by atoms with E-state index >= 15 is 0 Å². The minimum absolute atomic E-state index is 0.0136. The first-order valence-electron chi connectivity index (χ1n) is 13.3. The molecule has 2 aliphatic heterocycles. The predicted molar refractivity (Wildman–Crippen MR) is 138 cm³/mol. The minimum Gasteiger partial charge on any atom is -0.390 e. The third-order valence-corrected chi connectivity index (χ3v) is 9.39. The van der Waals surface area contributed by atoms with Gasteiger partial charge in [-0.2, -0.15) is 0 Å². The summed E-state index contributed by atoms with van der Waals surface area (Å²) in [4.78, 5) is 11.9. The highest BCUT2D eigenvalue weighted by atomic mass is 16.7. The van der Waals surface area contributed by atoms with Crippen molar-refractivity contribution in [3.63, 3.8) is 0 Å². The lowest BCUT2D eigenvalue weighted by Crippen LogP contribution is -2.54. The molecule has 2 N–H and O–H groups in total. The standard InChI is InChI=1S/C30H44O5/c1-19(2)23-11-13-28(5,32)25(23)10-9-20(3)16-22-17-30-24(21(4)18-31)12-14-29(6,33)26(30)8-7-15-34-27(30)35-22/h9-10,16,18,22-23,25-27,32-33H,1,7-8,11-15,17H2,2-6H3/b10-9+,20-16+,24-21+/t22?,23-,25-,26+,27?,28?,29-,30-/m1/s1. The Bertz CT molecular complexity index is 938. The molecule has 3 unspecified atom stereocenters. The van der Waals surface area contributed by atoms with Crippen LogP contribution >= 0.6 is 0 Å². The average molecular weight is 485 g/mol. The van der Waals surface area contributed by atoms with Crippen LogP contribution in [0.3, 0.4) is 0 Å². The first-order valence-corrected chi connectivity index (χ1v) is 13.3. The van der Waals surface area contributed by atoms with Crippen molar-refractivity contribution in [2.24, 2.45) is 23.2 Å². The fraction of sp³-hybridized carbons (Fsp3) is 0.700. The van der Waals surface area contributed by atoms with Gasteiger partial charge in [-0.15, -0.1) is 0 Å². The van der Waals surface area contributed by atoms with Crippen molar-refractivity contribution in [2.75, 3.05) is 6.61 Å². The smallest absolute Gasteiger partial charge is 0.168 e. The van der Waals surface area contributed by atoms with Crippen molar-refractivity contribution in [1.29, 1.82) is 0 Å². The summed E-state index contributed by atoms with van der Waals surface area (Å²) in [6.45, 7) is 14.6. The van der Waals surface area contributed by atoms with Crippen LogP contribution in [0.15, 0.2) is 47.1 Å².